The van der Waals surface area contributed by atoms with E-state index >= 15 is 0 Å². The largest absolute Gasteiger partial charge is 0.465 e. The van der Waals surface area contributed by atoms with Crippen molar-refractivity contribution in [3.63, 3.8) is 0 Å². The maximum absolute atomic E-state index is 14.4. The molecule has 1 heterocycles. The minimum Gasteiger partial charge on any atom is -0.465 e. The summed E-state index contributed by atoms with van der Waals surface area (Å²) >= 11 is 6.30. The molecule has 0 spiro atoms. The van der Waals surface area contributed by atoms with Gasteiger partial charge in [0.15, 0.2) is 0 Å². The summed E-state index contributed by atoms with van der Waals surface area (Å²) in [6, 6.07) is 3.52. The molecule has 2 aliphatic rings. The van der Waals surface area contributed by atoms with E-state index in [-0.39, 0.29) is 42.0 Å². The van der Waals surface area contributed by atoms with Crippen molar-refractivity contribution in [3.05, 3.63) is 34.6 Å². The van der Waals surface area contributed by atoms with Gasteiger partial charge in [0.1, 0.15) is 5.82 Å². The van der Waals surface area contributed by atoms with Crippen LogP contribution in [0.15, 0.2) is 18.2 Å². The Balaban J connectivity index is 1.75. The molecule has 1 saturated heterocycles. The normalized spacial score (nSPS) is 21.8. The minimum atomic E-state index is -1.57. The quantitative estimate of drug-likeness (QED) is 0.230. The number of urea groups is 1. The topological polar surface area (TPSA) is 134 Å². The van der Waals surface area contributed by atoms with Gasteiger partial charge in [-0.3, -0.25) is 0 Å². The Morgan fingerprint density at radius 1 is 1.21 bits per heavy atom. The molecule has 214 valence electrons. The zero-order valence-electron chi connectivity index (χ0n) is 22.1. The molecule has 1 aliphatic heterocycles. The molecule has 4 atom stereocenters. The standard InChI is InChI=1S/C27H42ClFN4O5/c1-30-16-22(24(34)18-8-3-2-4-9-18)32-25(35)33-15-6-10-19(17-33)27(38,13-7-14-31-26(36)37)20-11-5-12-21(29)23(20)28/h5,11-12,18-19,22,24,30-31,34,38H,2-4,6-10,13-17H2,1H3,(H,32,35)(H,36,37)/t19-,22?,24?,27+/m1/s1. The van der Waals surface area contributed by atoms with E-state index in [1.807, 2.05) is 0 Å². The molecule has 6 N–H and O–H groups in total. The monoisotopic (exact) mass is 556 g/mol. The van der Waals surface area contributed by atoms with E-state index in [0.29, 0.717) is 32.4 Å². The molecule has 0 aromatic heterocycles. The summed E-state index contributed by atoms with van der Waals surface area (Å²) in [6.07, 6.45) is 5.07. The molecule has 1 aromatic carbocycles. The maximum Gasteiger partial charge on any atom is 0.404 e. The lowest BCUT2D eigenvalue weighted by Gasteiger charge is -2.43. The molecule has 1 aromatic rings. The predicted octanol–water partition coefficient (Wildman–Crippen LogP) is 3.67. The number of benzene rings is 1. The fraction of sp³-hybridized carbons (Fsp3) is 0.704. The molecule has 11 heteroatoms. The van der Waals surface area contributed by atoms with E-state index in [4.69, 9.17) is 16.7 Å². The van der Waals surface area contributed by atoms with Gasteiger partial charge in [-0.2, -0.15) is 0 Å². The molecule has 3 rings (SSSR count). The minimum absolute atomic E-state index is 0.117. The van der Waals surface area contributed by atoms with Crippen molar-refractivity contribution in [2.45, 2.75) is 75.5 Å². The molecule has 2 fully saturated rings. The summed E-state index contributed by atoms with van der Waals surface area (Å²) in [6.45, 7) is 1.25. The van der Waals surface area contributed by atoms with Crippen molar-refractivity contribution < 1.29 is 29.3 Å². The highest BCUT2D eigenvalue weighted by Gasteiger charge is 2.43. The first-order chi connectivity index (χ1) is 18.2. The van der Waals surface area contributed by atoms with Gasteiger partial charge in [0.2, 0.25) is 0 Å². The fourth-order valence-corrected chi connectivity index (χ4v) is 6.32. The summed E-state index contributed by atoms with van der Waals surface area (Å²) in [7, 11) is 1.78. The van der Waals surface area contributed by atoms with Crippen LogP contribution in [-0.2, 0) is 5.60 Å². The SMILES string of the molecule is CNCC(NC(=O)N1CCC[C@@H]([C@@](O)(CCCNC(=O)O)c2cccc(F)c2Cl)C1)C(O)C1CCCCC1. The van der Waals surface area contributed by atoms with Crippen molar-refractivity contribution in [3.8, 4) is 0 Å². The van der Waals surface area contributed by atoms with Crippen LogP contribution in [0, 0.1) is 17.7 Å². The van der Waals surface area contributed by atoms with Crippen molar-refractivity contribution in [2.24, 2.45) is 11.8 Å². The molecule has 9 nitrogen and oxygen atoms in total. The van der Waals surface area contributed by atoms with Gasteiger partial charge in [-0.25, -0.2) is 14.0 Å². The summed E-state index contributed by atoms with van der Waals surface area (Å²) in [5.41, 5.74) is -1.33. The van der Waals surface area contributed by atoms with Crippen molar-refractivity contribution >= 4 is 23.7 Å². The second kappa shape index (κ2) is 14.3. The summed E-state index contributed by atoms with van der Waals surface area (Å²) in [5, 5.41) is 40.1. The molecule has 0 bridgehead atoms. The van der Waals surface area contributed by atoms with Gasteiger partial charge in [-0.15, -0.1) is 0 Å². The number of nitrogens with zero attached hydrogens (tertiary/aromatic N) is 1. The maximum atomic E-state index is 14.4. The molecule has 1 saturated carbocycles. The third kappa shape index (κ3) is 7.71. The number of hydrogen-bond acceptors (Lipinski definition) is 5. The van der Waals surface area contributed by atoms with Gasteiger partial charge in [-0.1, -0.05) is 43.0 Å². The number of likely N-dealkylation sites (N-methyl/N-ethyl adjacent to an activating group) is 1. The van der Waals surface area contributed by atoms with Crippen LogP contribution in [0.1, 0.15) is 63.4 Å². The number of likely N-dealkylation sites (tertiary alicyclic amines) is 1. The number of piperidine rings is 1. The van der Waals surface area contributed by atoms with Gasteiger partial charge in [0.05, 0.1) is 22.8 Å². The van der Waals surface area contributed by atoms with Crippen LogP contribution < -0.4 is 16.0 Å². The summed E-state index contributed by atoms with van der Waals surface area (Å²) < 4.78 is 14.4. The Morgan fingerprint density at radius 3 is 2.63 bits per heavy atom. The van der Waals surface area contributed by atoms with Crippen LogP contribution >= 0.6 is 11.6 Å². The number of halogens is 2. The van der Waals surface area contributed by atoms with Crippen molar-refractivity contribution in [1.82, 2.24) is 20.9 Å². The van der Waals surface area contributed by atoms with E-state index in [1.165, 1.54) is 18.6 Å². The van der Waals surface area contributed by atoms with Crippen LogP contribution in [0.2, 0.25) is 5.02 Å². The third-order valence-corrected chi connectivity index (χ3v) is 8.48. The molecule has 1 aliphatic carbocycles. The number of aliphatic hydroxyl groups excluding tert-OH is 1. The number of amides is 3. The first-order valence-electron chi connectivity index (χ1n) is 13.7. The van der Waals surface area contributed by atoms with Gasteiger partial charge < -0.3 is 36.2 Å². The first-order valence-corrected chi connectivity index (χ1v) is 14.1. The molecule has 0 radical (unpaired) electrons. The number of hydrogen-bond donors (Lipinski definition) is 6. The van der Waals surface area contributed by atoms with E-state index in [2.05, 4.69) is 16.0 Å². The highest BCUT2D eigenvalue weighted by Crippen LogP contribution is 2.42. The number of nitrogens with one attached hydrogen (secondary N) is 3. The van der Waals surface area contributed by atoms with Gasteiger partial charge in [0.25, 0.3) is 0 Å². The molecular weight excluding hydrogens is 515 g/mol. The van der Waals surface area contributed by atoms with Crippen molar-refractivity contribution in [2.75, 3.05) is 33.2 Å². The van der Waals surface area contributed by atoms with Gasteiger partial charge in [0, 0.05) is 37.7 Å². The molecular formula is C27H42ClFN4O5. The Morgan fingerprint density at radius 2 is 1.95 bits per heavy atom. The second-order valence-corrected chi connectivity index (χ2v) is 11.0. The highest BCUT2D eigenvalue weighted by atomic mass is 35.5. The Kier molecular flexibility index (Phi) is 11.4. The lowest BCUT2D eigenvalue weighted by molar-refractivity contribution is -0.0556. The predicted molar refractivity (Wildman–Crippen MR) is 144 cm³/mol. The third-order valence-electron chi connectivity index (χ3n) is 8.09. The Labute approximate surface area is 229 Å². The number of aliphatic hydroxyl groups is 2. The van der Waals surface area contributed by atoms with E-state index in [9.17, 15) is 24.2 Å². The number of carbonyl (C=O) groups is 2. The smallest absolute Gasteiger partial charge is 0.404 e. The highest BCUT2D eigenvalue weighted by molar-refractivity contribution is 6.31. The van der Waals surface area contributed by atoms with Crippen LogP contribution in [0.25, 0.3) is 0 Å². The van der Waals surface area contributed by atoms with E-state index < -0.39 is 35.6 Å². The average Bonchev–Trinajstić information content (AvgIpc) is 2.92. The number of rotatable bonds is 11. The fourth-order valence-electron chi connectivity index (χ4n) is 6.03. The zero-order chi connectivity index (χ0) is 27.7. The van der Waals surface area contributed by atoms with E-state index in [1.54, 1.807) is 18.0 Å². The van der Waals surface area contributed by atoms with Crippen LogP contribution in [0.5, 0.6) is 0 Å². The molecule has 38 heavy (non-hydrogen) atoms. The van der Waals surface area contributed by atoms with Gasteiger partial charge >= 0.3 is 12.1 Å². The van der Waals surface area contributed by atoms with Crippen LogP contribution in [0.3, 0.4) is 0 Å². The number of carboxylic acid groups (broad SMARTS) is 1. The zero-order valence-corrected chi connectivity index (χ0v) is 22.9. The second-order valence-electron chi connectivity index (χ2n) is 10.6. The lowest BCUT2D eigenvalue weighted by Crippen LogP contribution is -2.57. The van der Waals surface area contributed by atoms with Crippen molar-refractivity contribution in [1.29, 1.82) is 0 Å². The van der Waals surface area contributed by atoms with Crippen LogP contribution in [-0.4, -0.2) is 77.7 Å². The molecule has 3 amide bonds. The summed E-state index contributed by atoms with van der Waals surface area (Å²) in [5.74, 6) is -0.948. The van der Waals surface area contributed by atoms with Gasteiger partial charge in [-0.05, 0) is 57.6 Å². The lowest BCUT2D eigenvalue weighted by atomic mass is 9.74. The Bertz CT molecular complexity index is 935. The Hall–Kier alpha value is -2.14. The number of carbonyl (C=O) groups excluding carboxylic acids is 1. The molecule has 2 unspecified atom stereocenters. The average molecular weight is 557 g/mol. The summed E-state index contributed by atoms with van der Waals surface area (Å²) in [4.78, 5) is 25.9. The van der Waals surface area contributed by atoms with Crippen LogP contribution in [0.4, 0.5) is 14.0 Å². The first kappa shape index (κ1) is 30.4. The van der Waals surface area contributed by atoms with E-state index in [0.717, 1.165) is 25.7 Å².